The van der Waals surface area contributed by atoms with Crippen molar-refractivity contribution < 1.29 is 14.3 Å². The second kappa shape index (κ2) is 12.6. The highest BCUT2D eigenvalue weighted by Gasteiger charge is 2.23. The van der Waals surface area contributed by atoms with E-state index in [1.165, 1.54) is 0 Å². The van der Waals surface area contributed by atoms with Crippen LogP contribution in [0.4, 0.5) is 5.13 Å². The summed E-state index contributed by atoms with van der Waals surface area (Å²) in [5.41, 5.74) is 1.47. The zero-order valence-corrected chi connectivity index (χ0v) is 20.8. The fraction of sp³-hybridized carbons (Fsp3) is 0.417. The molecule has 0 saturated carbocycles. The molecular weight excluding hydrogens is 446 g/mol. The molecule has 1 heterocycles. The van der Waals surface area contributed by atoms with Crippen molar-refractivity contribution >= 4 is 45.0 Å². The number of amides is 1. The summed E-state index contributed by atoms with van der Waals surface area (Å²) in [6, 6.07) is 13.4. The molecule has 0 N–H and O–H groups in total. The molecule has 2 aromatic carbocycles. The Morgan fingerprint density at radius 2 is 1.62 bits per heavy atom. The highest BCUT2D eigenvalue weighted by atomic mass is 35.5. The molecule has 3 rings (SSSR count). The number of aromatic nitrogens is 1. The number of fused-ring (bicyclic) bond motifs is 1. The molecule has 0 atom stereocenters. The lowest BCUT2D eigenvalue weighted by Crippen LogP contribution is -2.38. The maximum Gasteiger partial charge on any atom is 0.260 e. The van der Waals surface area contributed by atoms with Crippen molar-refractivity contribution in [2.45, 2.75) is 27.7 Å². The molecule has 0 spiro atoms. The number of thiazole rings is 1. The summed E-state index contributed by atoms with van der Waals surface area (Å²) in [5.74, 6) is 1.15. The van der Waals surface area contributed by atoms with E-state index in [4.69, 9.17) is 14.5 Å². The van der Waals surface area contributed by atoms with Gasteiger partial charge in [-0.05, 0) is 57.3 Å². The summed E-state index contributed by atoms with van der Waals surface area (Å²) in [6.45, 7) is 12.4. The van der Waals surface area contributed by atoms with Crippen LogP contribution in [-0.4, -0.2) is 55.2 Å². The van der Waals surface area contributed by atoms with E-state index in [0.717, 1.165) is 29.9 Å². The van der Waals surface area contributed by atoms with Gasteiger partial charge in [-0.2, -0.15) is 0 Å². The van der Waals surface area contributed by atoms with Gasteiger partial charge in [0.25, 0.3) is 5.91 Å². The third kappa shape index (κ3) is 6.12. The zero-order chi connectivity index (χ0) is 22.2. The Kier molecular flexibility index (Phi) is 10.2. The van der Waals surface area contributed by atoms with Gasteiger partial charge < -0.3 is 14.4 Å². The van der Waals surface area contributed by atoms with E-state index in [2.05, 4.69) is 18.7 Å². The topological polar surface area (TPSA) is 54.9 Å². The molecule has 6 nitrogen and oxygen atoms in total. The van der Waals surface area contributed by atoms with Crippen molar-refractivity contribution in [2.75, 3.05) is 44.3 Å². The number of ether oxygens (including phenoxy) is 2. The van der Waals surface area contributed by atoms with Gasteiger partial charge in [-0.1, -0.05) is 37.3 Å². The first kappa shape index (κ1) is 25.9. The van der Waals surface area contributed by atoms with Gasteiger partial charge in [0.1, 0.15) is 0 Å². The standard InChI is InChI=1S/C24H31N3O3S.ClH/c1-5-26(6-2)15-16-27(24-25-19-11-9-10-12-22(19)31-24)23(28)18-13-14-20(29-7-3)21(17-18)30-8-4;/h9-14,17H,5-8,15-16H2,1-4H3;1H. The second-order valence-electron chi connectivity index (χ2n) is 6.98. The molecule has 1 aromatic heterocycles. The normalized spacial score (nSPS) is 10.8. The van der Waals surface area contributed by atoms with Crippen LogP contribution < -0.4 is 14.4 Å². The summed E-state index contributed by atoms with van der Waals surface area (Å²) in [7, 11) is 0. The molecule has 0 unspecified atom stereocenters. The first-order valence-corrected chi connectivity index (χ1v) is 11.7. The van der Waals surface area contributed by atoms with Crippen LogP contribution in [0.2, 0.25) is 0 Å². The van der Waals surface area contributed by atoms with Crippen molar-refractivity contribution in [3.8, 4) is 11.5 Å². The van der Waals surface area contributed by atoms with Crippen molar-refractivity contribution in [2.24, 2.45) is 0 Å². The minimum Gasteiger partial charge on any atom is -0.490 e. The van der Waals surface area contributed by atoms with Crippen molar-refractivity contribution in [1.29, 1.82) is 0 Å². The number of benzene rings is 2. The quantitative estimate of drug-likeness (QED) is 0.364. The molecule has 174 valence electrons. The molecular formula is C24H32ClN3O3S. The fourth-order valence-corrected chi connectivity index (χ4v) is 4.37. The number of likely N-dealkylation sites (N-methyl/N-ethyl adjacent to an activating group) is 1. The third-order valence-corrected chi connectivity index (χ3v) is 6.14. The van der Waals surface area contributed by atoms with Crippen LogP contribution in [-0.2, 0) is 0 Å². The highest BCUT2D eigenvalue weighted by molar-refractivity contribution is 7.22. The Labute approximate surface area is 200 Å². The minimum absolute atomic E-state index is 0. The van der Waals surface area contributed by atoms with Gasteiger partial charge in [0.05, 0.1) is 23.4 Å². The first-order chi connectivity index (χ1) is 15.1. The van der Waals surface area contributed by atoms with Gasteiger partial charge in [0, 0.05) is 18.7 Å². The molecule has 0 bridgehead atoms. The maximum atomic E-state index is 13.6. The van der Waals surface area contributed by atoms with Crippen LogP contribution in [0.25, 0.3) is 10.2 Å². The van der Waals surface area contributed by atoms with E-state index in [0.29, 0.717) is 42.0 Å². The third-order valence-electron chi connectivity index (χ3n) is 5.08. The molecule has 1 amide bonds. The van der Waals surface area contributed by atoms with E-state index < -0.39 is 0 Å². The summed E-state index contributed by atoms with van der Waals surface area (Å²) in [5, 5.41) is 0.713. The van der Waals surface area contributed by atoms with Gasteiger partial charge in [-0.3, -0.25) is 9.69 Å². The zero-order valence-electron chi connectivity index (χ0n) is 19.2. The van der Waals surface area contributed by atoms with E-state index in [-0.39, 0.29) is 18.3 Å². The van der Waals surface area contributed by atoms with Crippen molar-refractivity contribution in [1.82, 2.24) is 9.88 Å². The van der Waals surface area contributed by atoms with Crippen molar-refractivity contribution in [3.63, 3.8) is 0 Å². The number of nitrogens with zero attached hydrogens (tertiary/aromatic N) is 3. The Morgan fingerprint density at radius 1 is 0.938 bits per heavy atom. The van der Waals surface area contributed by atoms with Crippen LogP contribution in [0.1, 0.15) is 38.1 Å². The predicted octanol–water partition coefficient (Wildman–Crippen LogP) is 5.50. The lowest BCUT2D eigenvalue weighted by atomic mass is 10.1. The van der Waals surface area contributed by atoms with E-state index >= 15 is 0 Å². The van der Waals surface area contributed by atoms with Crippen LogP contribution in [0.3, 0.4) is 0 Å². The Balaban J connectivity index is 0.00000363. The molecule has 8 heteroatoms. The summed E-state index contributed by atoms with van der Waals surface area (Å²) in [6.07, 6.45) is 0. The molecule has 0 radical (unpaired) electrons. The monoisotopic (exact) mass is 477 g/mol. The lowest BCUT2D eigenvalue weighted by molar-refractivity contribution is 0.0983. The van der Waals surface area contributed by atoms with Crippen LogP contribution in [0, 0.1) is 0 Å². The minimum atomic E-state index is -0.0878. The first-order valence-electron chi connectivity index (χ1n) is 10.9. The molecule has 0 saturated heterocycles. The molecule has 0 aliphatic heterocycles. The summed E-state index contributed by atoms with van der Waals surface area (Å²) in [4.78, 5) is 22.4. The summed E-state index contributed by atoms with van der Waals surface area (Å²) < 4.78 is 12.4. The maximum absolute atomic E-state index is 13.6. The number of carbonyl (C=O) groups excluding carboxylic acids is 1. The Morgan fingerprint density at radius 3 is 2.28 bits per heavy atom. The molecule has 0 fully saturated rings. The largest absolute Gasteiger partial charge is 0.490 e. The highest BCUT2D eigenvalue weighted by Crippen LogP contribution is 2.32. The van der Waals surface area contributed by atoms with E-state index in [1.54, 1.807) is 28.4 Å². The number of carbonyl (C=O) groups is 1. The van der Waals surface area contributed by atoms with Crippen LogP contribution in [0.5, 0.6) is 11.5 Å². The van der Waals surface area contributed by atoms with Crippen LogP contribution >= 0.6 is 23.7 Å². The van der Waals surface area contributed by atoms with Gasteiger partial charge in [-0.15, -0.1) is 12.4 Å². The molecule has 3 aromatic rings. The average Bonchev–Trinajstić information content (AvgIpc) is 3.22. The molecule has 0 aliphatic rings. The van der Waals surface area contributed by atoms with Gasteiger partial charge in [-0.25, -0.2) is 4.98 Å². The number of halogens is 1. The Bertz CT molecular complexity index is 974. The van der Waals surface area contributed by atoms with Crippen molar-refractivity contribution in [3.05, 3.63) is 48.0 Å². The number of hydrogen-bond donors (Lipinski definition) is 0. The second-order valence-corrected chi connectivity index (χ2v) is 7.98. The van der Waals surface area contributed by atoms with Gasteiger partial charge in [0.2, 0.25) is 0 Å². The number of rotatable bonds is 11. The van der Waals surface area contributed by atoms with Crippen LogP contribution in [0.15, 0.2) is 42.5 Å². The van der Waals surface area contributed by atoms with E-state index in [1.807, 2.05) is 44.2 Å². The van der Waals surface area contributed by atoms with Gasteiger partial charge in [0.15, 0.2) is 16.6 Å². The predicted molar refractivity (Wildman–Crippen MR) is 135 cm³/mol. The summed E-state index contributed by atoms with van der Waals surface area (Å²) >= 11 is 1.54. The number of anilines is 1. The molecule has 0 aliphatic carbocycles. The average molecular weight is 478 g/mol. The van der Waals surface area contributed by atoms with E-state index in [9.17, 15) is 4.79 Å². The number of para-hydroxylation sites is 1. The Hall–Kier alpha value is -2.35. The molecule has 32 heavy (non-hydrogen) atoms. The number of hydrogen-bond acceptors (Lipinski definition) is 6. The fourth-order valence-electron chi connectivity index (χ4n) is 3.38. The SMILES string of the molecule is CCOc1ccc(C(=O)N(CCN(CC)CC)c2nc3ccccc3s2)cc1OCC.Cl. The van der Waals surface area contributed by atoms with Gasteiger partial charge >= 0.3 is 0 Å². The smallest absolute Gasteiger partial charge is 0.260 e. The lowest BCUT2D eigenvalue weighted by Gasteiger charge is -2.25.